The highest BCUT2D eigenvalue weighted by Gasteiger charge is 2.35. The number of carboxylic acid groups (broad SMARTS) is 8. The molecule has 0 saturated heterocycles. The summed E-state index contributed by atoms with van der Waals surface area (Å²) in [6.07, 6.45) is -0.280. The molecule has 0 heterocycles. The van der Waals surface area contributed by atoms with E-state index in [9.17, 15) is 103 Å². The number of hydrogen-bond donors (Lipinski definition) is 14. The predicted octanol–water partition coefficient (Wildman–Crippen LogP) is -8.25. The van der Waals surface area contributed by atoms with Crippen LogP contribution in [0.25, 0.3) is 0 Å². The van der Waals surface area contributed by atoms with Crippen LogP contribution in [-0.4, -0.2) is 307 Å². The fraction of sp³-hybridized carbons (Fsp3) is 0.690. The zero-order chi connectivity index (χ0) is 58.5. The molecule has 0 spiro atoms. The summed E-state index contributed by atoms with van der Waals surface area (Å²) in [6, 6.07) is -7.28. The second-order valence-electron chi connectivity index (χ2n) is 16.3. The number of unbranched alkanes of at least 4 members (excludes halogenated alkanes) is 1. The minimum Gasteiger partial charge on any atom is -0.480 e. The van der Waals surface area contributed by atoms with Gasteiger partial charge in [0.15, 0.2) is 0 Å². The Bertz CT molecular complexity index is 1860. The molecule has 0 aromatic heterocycles. The van der Waals surface area contributed by atoms with E-state index in [2.05, 4.69) is 26.6 Å². The summed E-state index contributed by atoms with van der Waals surface area (Å²) in [4.78, 5) is 162. The monoisotopic (exact) mass is 1110 g/mol. The normalized spacial score (nSPS) is 12.8. The van der Waals surface area contributed by atoms with Crippen molar-refractivity contribution in [1.29, 1.82) is 0 Å². The van der Waals surface area contributed by atoms with Gasteiger partial charge in [0, 0.05) is 39.3 Å². The molecule has 4 atom stereocenters. The Kier molecular flexibility index (Phi) is 36.3. The Balaban J connectivity index is 6.37. The third kappa shape index (κ3) is 34.1. The SMILES string of the molecule is CN(CC(=O)O)C(CNC(=O)C(CCCCNC(=O)COCCOCCNC(=O)COCCOCCN)N(CC(=O)NCC(C(=O)O)N(CC(=O)O)CC(=O)O)CC(=O)NCC(C(=O)O)N(CC(=O)O)CC(=O)O)C(=O)O. The summed E-state index contributed by atoms with van der Waals surface area (Å²) in [6.45, 7) is -9.12. The standard InChI is InChI=1S/C42H70N10O25/c1-49(19-34(57)58)27(40(68)69)14-48-39(67)26(4-2-3-6-44-32(55)24-77-13-11-75-9-7-45-33(56)25-76-12-10-74-8-5-43)50(17-30(53)46-15-28(41(70)71)51(20-35(59)60)21-36(61)62)18-31(54)47-16-29(42(72)73)52(22-37(63)64)23-38(65)66/h26-29H,2-25,43H2,1H3,(H,44,55)(H,45,56)(H,46,53)(H,47,54)(H,48,67)(H,57,58)(H,59,60)(H,61,62)(H,63,64)(H,65,66)(H,68,69)(H,70,71)(H,72,73). The Morgan fingerprint density at radius 3 is 1.18 bits per heavy atom. The number of hydrogen-bond acceptors (Lipinski definition) is 22. The number of likely N-dealkylation sites (N-methyl/N-ethyl adjacent to an activating group) is 1. The molecule has 0 aromatic carbocycles. The number of carbonyl (C=O) groups excluding carboxylic acids is 5. The minimum atomic E-state index is -1.98. The van der Waals surface area contributed by atoms with E-state index < -0.39 is 168 Å². The number of nitrogens with zero attached hydrogens (tertiary/aromatic N) is 4. The number of amides is 5. The molecular weight excluding hydrogens is 1040 g/mol. The second-order valence-corrected chi connectivity index (χ2v) is 16.3. The molecule has 35 heteroatoms. The first-order valence-corrected chi connectivity index (χ1v) is 23.3. The van der Waals surface area contributed by atoms with Crippen LogP contribution in [-0.2, 0) is 81.3 Å². The summed E-state index contributed by atoms with van der Waals surface area (Å²) in [5.74, 6) is -17.5. The molecule has 77 heavy (non-hydrogen) atoms. The summed E-state index contributed by atoms with van der Waals surface area (Å²) < 4.78 is 20.9. The van der Waals surface area contributed by atoms with Crippen LogP contribution in [0.3, 0.4) is 0 Å². The third-order valence-corrected chi connectivity index (χ3v) is 10.2. The lowest BCUT2D eigenvalue weighted by Crippen LogP contribution is -2.57. The van der Waals surface area contributed by atoms with Crippen molar-refractivity contribution in [2.75, 3.05) is 145 Å². The maximum Gasteiger partial charge on any atom is 0.322 e. The Morgan fingerprint density at radius 1 is 0.403 bits per heavy atom. The molecule has 5 amide bonds. The number of rotatable bonds is 48. The van der Waals surface area contributed by atoms with Gasteiger partial charge >= 0.3 is 47.8 Å². The zero-order valence-electron chi connectivity index (χ0n) is 42.2. The van der Waals surface area contributed by atoms with Gasteiger partial charge in [-0.05, 0) is 26.3 Å². The first-order valence-electron chi connectivity index (χ1n) is 23.3. The average Bonchev–Trinajstić information content (AvgIpc) is 3.30. The van der Waals surface area contributed by atoms with Crippen molar-refractivity contribution in [1.82, 2.24) is 46.2 Å². The molecule has 438 valence electrons. The van der Waals surface area contributed by atoms with E-state index >= 15 is 0 Å². The molecule has 35 nitrogen and oxygen atoms in total. The van der Waals surface area contributed by atoms with Crippen LogP contribution >= 0.6 is 0 Å². The van der Waals surface area contributed by atoms with Gasteiger partial charge < -0.3 is 92.1 Å². The fourth-order valence-electron chi connectivity index (χ4n) is 6.63. The number of carboxylic acids is 8. The van der Waals surface area contributed by atoms with E-state index in [0.717, 1.165) is 16.8 Å². The molecule has 0 rings (SSSR count). The Labute approximate surface area is 439 Å². The lowest BCUT2D eigenvalue weighted by atomic mass is 10.1. The van der Waals surface area contributed by atoms with E-state index in [1.165, 1.54) is 0 Å². The maximum atomic E-state index is 14.1. The summed E-state index contributed by atoms with van der Waals surface area (Å²) in [5, 5.41) is 87.6. The van der Waals surface area contributed by atoms with Crippen molar-refractivity contribution in [3.05, 3.63) is 0 Å². The number of nitrogens with two attached hydrogens (primary N) is 1. The predicted molar refractivity (Wildman–Crippen MR) is 255 cm³/mol. The smallest absolute Gasteiger partial charge is 0.322 e. The highest BCUT2D eigenvalue weighted by Crippen LogP contribution is 2.12. The Morgan fingerprint density at radius 2 is 0.779 bits per heavy atom. The number of ether oxygens (including phenoxy) is 4. The van der Waals surface area contributed by atoms with Gasteiger partial charge in [-0.15, -0.1) is 0 Å². The van der Waals surface area contributed by atoms with E-state index in [0.29, 0.717) is 23.0 Å². The molecule has 0 bridgehead atoms. The number of nitrogens with one attached hydrogen (secondary N) is 5. The molecule has 0 aromatic rings. The van der Waals surface area contributed by atoms with Gasteiger partial charge in [-0.25, -0.2) is 0 Å². The van der Waals surface area contributed by atoms with Crippen LogP contribution in [0.4, 0.5) is 0 Å². The van der Waals surface area contributed by atoms with Crippen LogP contribution < -0.4 is 32.3 Å². The van der Waals surface area contributed by atoms with Crippen molar-refractivity contribution in [2.45, 2.75) is 43.4 Å². The van der Waals surface area contributed by atoms with Crippen LogP contribution in [0.15, 0.2) is 0 Å². The lowest BCUT2D eigenvalue weighted by Gasteiger charge is -2.32. The van der Waals surface area contributed by atoms with Gasteiger partial charge in [0.1, 0.15) is 31.3 Å². The van der Waals surface area contributed by atoms with E-state index in [1.807, 2.05) is 0 Å². The first kappa shape index (κ1) is 69.8. The fourth-order valence-corrected chi connectivity index (χ4v) is 6.63. The van der Waals surface area contributed by atoms with Crippen molar-refractivity contribution in [2.24, 2.45) is 5.73 Å². The lowest BCUT2D eigenvalue weighted by molar-refractivity contribution is -0.152. The molecule has 0 aliphatic rings. The topological polar surface area (TPSA) is 520 Å². The largest absolute Gasteiger partial charge is 0.480 e. The summed E-state index contributed by atoms with van der Waals surface area (Å²) in [5.41, 5.74) is 5.31. The second kappa shape index (κ2) is 40.1. The molecular formula is C42H70N10O25. The Hall–Kier alpha value is -7.25. The third-order valence-electron chi connectivity index (χ3n) is 10.2. The first-order chi connectivity index (χ1) is 36.3. The molecule has 0 fully saturated rings. The van der Waals surface area contributed by atoms with Gasteiger partial charge in [-0.3, -0.25) is 81.9 Å². The highest BCUT2D eigenvalue weighted by molar-refractivity contribution is 5.88. The van der Waals surface area contributed by atoms with Gasteiger partial charge in [-0.2, -0.15) is 0 Å². The van der Waals surface area contributed by atoms with Gasteiger partial charge in [-0.1, -0.05) is 0 Å². The van der Waals surface area contributed by atoms with E-state index in [-0.39, 0.29) is 77.9 Å². The van der Waals surface area contributed by atoms with Crippen LogP contribution in [0.2, 0.25) is 0 Å². The molecule has 0 radical (unpaired) electrons. The van der Waals surface area contributed by atoms with Gasteiger partial charge in [0.05, 0.1) is 91.5 Å². The van der Waals surface area contributed by atoms with Crippen molar-refractivity contribution in [3.63, 3.8) is 0 Å². The molecule has 4 unspecified atom stereocenters. The zero-order valence-corrected chi connectivity index (χ0v) is 42.2. The number of carbonyl (C=O) groups is 13. The molecule has 0 saturated carbocycles. The summed E-state index contributed by atoms with van der Waals surface area (Å²) >= 11 is 0. The highest BCUT2D eigenvalue weighted by atomic mass is 16.5. The van der Waals surface area contributed by atoms with Crippen molar-refractivity contribution in [3.8, 4) is 0 Å². The quantitative estimate of drug-likeness (QED) is 0.0252. The van der Waals surface area contributed by atoms with Crippen molar-refractivity contribution < 1.29 is 122 Å². The molecule has 15 N–H and O–H groups in total. The van der Waals surface area contributed by atoms with Crippen molar-refractivity contribution >= 4 is 77.3 Å². The van der Waals surface area contributed by atoms with Gasteiger partial charge in [0.2, 0.25) is 29.5 Å². The van der Waals surface area contributed by atoms with E-state index in [4.69, 9.17) is 24.7 Å². The van der Waals surface area contributed by atoms with Gasteiger partial charge in [0.25, 0.3) is 0 Å². The van der Waals surface area contributed by atoms with Crippen LogP contribution in [0.5, 0.6) is 0 Å². The van der Waals surface area contributed by atoms with Crippen LogP contribution in [0, 0.1) is 0 Å². The number of aliphatic carboxylic acids is 8. The molecule has 0 aliphatic carbocycles. The van der Waals surface area contributed by atoms with Crippen LogP contribution in [0.1, 0.15) is 19.3 Å². The minimum absolute atomic E-state index is 0.0182. The average molecular weight is 1120 g/mol. The van der Waals surface area contributed by atoms with E-state index in [1.54, 1.807) is 0 Å². The summed E-state index contributed by atoms with van der Waals surface area (Å²) in [7, 11) is 1.12. The maximum absolute atomic E-state index is 14.1. The molecule has 0 aliphatic heterocycles.